The van der Waals surface area contributed by atoms with Crippen LogP contribution < -0.4 is 5.73 Å². The molecule has 0 bridgehead atoms. The fourth-order valence-corrected chi connectivity index (χ4v) is 1.86. The van der Waals surface area contributed by atoms with Crippen molar-refractivity contribution in [2.24, 2.45) is 5.73 Å². The van der Waals surface area contributed by atoms with E-state index in [-0.39, 0.29) is 0 Å². The molecule has 4 nitrogen and oxygen atoms in total. The summed E-state index contributed by atoms with van der Waals surface area (Å²) in [6.07, 6.45) is 3.01. The fourth-order valence-electron chi connectivity index (χ4n) is 1.86. The minimum absolute atomic E-state index is 0.295. The highest BCUT2D eigenvalue weighted by atomic mass is 16.5. The molecule has 1 aliphatic carbocycles. The van der Waals surface area contributed by atoms with Gasteiger partial charge in [-0.1, -0.05) is 0 Å². The molecule has 0 fully saturated rings. The molecule has 0 spiro atoms. The molecule has 1 heterocycles. The molecular weight excluding hydrogens is 166 g/mol. The Hall–Kier alpha value is -0.870. The first-order valence-corrected chi connectivity index (χ1v) is 4.60. The van der Waals surface area contributed by atoms with Crippen LogP contribution in [0, 0.1) is 0 Å². The van der Waals surface area contributed by atoms with Gasteiger partial charge in [-0.15, -0.1) is 0 Å². The van der Waals surface area contributed by atoms with E-state index in [0.717, 1.165) is 25.0 Å². The lowest BCUT2D eigenvalue weighted by Crippen LogP contribution is -2.27. The van der Waals surface area contributed by atoms with Gasteiger partial charge in [0, 0.05) is 25.3 Å². The number of methoxy groups -OCH3 is 1. The average molecular weight is 181 g/mol. The maximum absolute atomic E-state index is 5.85. The second-order valence-corrected chi connectivity index (χ2v) is 3.56. The summed E-state index contributed by atoms with van der Waals surface area (Å²) >= 11 is 0. The number of fused-ring (bicyclic) bond motifs is 1. The maximum Gasteiger partial charge on any atom is 0.0913 e. The van der Waals surface area contributed by atoms with E-state index in [4.69, 9.17) is 10.5 Å². The summed E-state index contributed by atoms with van der Waals surface area (Å²) in [7, 11) is 1.69. The van der Waals surface area contributed by atoms with Gasteiger partial charge in [-0.25, -0.2) is 0 Å². The summed E-state index contributed by atoms with van der Waals surface area (Å²) in [5.74, 6) is 0. The normalized spacial score (nSPS) is 21.5. The molecule has 1 atom stereocenters. The topological polar surface area (TPSA) is 63.9 Å². The molecule has 0 saturated carbocycles. The van der Waals surface area contributed by atoms with Crippen LogP contribution in [0.1, 0.15) is 23.4 Å². The highest BCUT2D eigenvalue weighted by molar-refractivity contribution is 5.28. The van der Waals surface area contributed by atoms with E-state index in [9.17, 15) is 0 Å². The monoisotopic (exact) mass is 181 g/mol. The summed E-state index contributed by atoms with van der Waals surface area (Å²) in [6, 6.07) is 0.295. The molecule has 0 radical (unpaired) electrons. The van der Waals surface area contributed by atoms with E-state index < -0.39 is 0 Å². The number of nitrogens with one attached hydrogen (secondary N) is 1. The van der Waals surface area contributed by atoms with E-state index in [0.29, 0.717) is 12.6 Å². The predicted octanol–water partition coefficient (Wildman–Crippen LogP) is 0.372. The Kier molecular flexibility index (Phi) is 2.33. The van der Waals surface area contributed by atoms with Crippen molar-refractivity contribution in [2.45, 2.75) is 31.9 Å². The number of rotatable bonds is 2. The Labute approximate surface area is 77.5 Å². The SMILES string of the molecule is COCc1n[nH]c2c1CCC(N)C2. The number of aromatic nitrogens is 2. The van der Waals surface area contributed by atoms with Crippen LogP contribution in [0.15, 0.2) is 0 Å². The summed E-state index contributed by atoms with van der Waals surface area (Å²) in [6.45, 7) is 0.598. The number of nitrogens with two attached hydrogens (primary N) is 1. The second kappa shape index (κ2) is 3.47. The van der Waals surface area contributed by atoms with Gasteiger partial charge in [0.25, 0.3) is 0 Å². The zero-order valence-electron chi connectivity index (χ0n) is 7.84. The molecule has 0 saturated heterocycles. The van der Waals surface area contributed by atoms with Gasteiger partial charge < -0.3 is 10.5 Å². The van der Waals surface area contributed by atoms with Gasteiger partial charge in [0.05, 0.1) is 12.3 Å². The van der Waals surface area contributed by atoms with E-state index in [2.05, 4.69) is 10.2 Å². The van der Waals surface area contributed by atoms with Crippen LogP contribution in [0.25, 0.3) is 0 Å². The molecule has 13 heavy (non-hydrogen) atoms. The first kappa shape index (κ1) is 8.72. The quantitative estimate of drug-likeness (QED) is 0.693. The summed E-state index contributed by atoms with van der Waals surface area (Å²) < 4.78 is 5.07. The number of ether oxygens (including phenoxy) is 1. The number of hydrogen-bond acceptors (Lipinski definition) is 3. The van der Waals surface area contributed by atoms with Gasteiger partial charge in [0.2, 0.25) is 0 Å². The van der Waals surface area contributed by atoms with Crippen LogP contribution >= 0.6 is 0 Å². The number of hydrogen-bond donors (Lipinski definition) is 2. The number of H-pyrrole nitrogens is 1. The van der Waals surface area contributed by atoms with Crippen molar-refractivity contribution >= 4 is 0 Å². The molecule has 0 amide bonds. The molecule has 0 aliphatic heterocycles. The van der Waals surface area contributed by atoms with Crippen LogP contribution in [-0.2, 0) is 24.2 Å². The van der Waals surface area contributed by atoms with Crippen LogP contribution in [0.2, 0.25) is 0 Å². The maximum atomic E-state index is 5.85. The zero-order chi connectivity index (χ0) is 9.26. The summed E-state index contributed by atoms with van der Waals surface area (Å²) in [5, 5.41) is 7.25. The lowest BCUT2D eigenvalue weighted by atomic mass is 9.92. The third-order valence-electron chi connectivity index (χ3n) is 2.55. The third kappa shape index (κ3) is 1.59. The van der Waals surface area contributed by atoms with E-state index >= 15 is 0 Å². The van der Waals surface area contributed by atoms with E-state index in [1.54, 1.807) is 7.11 Å². The van der Waals surface area contributed by atoms with Crippen LogP contribution in [0.4, 0.5) is 0 Å². The smallest absolute Gasteiger partial charge is 0.0913 e. The van der Waals surface area contributed by atoms with Crippen LogP contribution in [-0.4, -0.2) is 23.3 Å². The molecule has 72 valence electrons. The molecule has 1 aromatic heterocycles. The lowest BCUT2D eigenvalue weighted by molar-refractivity contribution is 0.180. The van der Waals surface area contributed by atoms with Crippen molar-refractivity contribution in [3.63, 3.8) is 0 Å². The number of nitrogens with zero attached hydrogens (tertiary/aromatic N) is 1. The third-order valence-corrected chi connectivity index (χ3v) is 2.55. The minimum atomic E-state index is 0.295. The first-order valence-electron chi connectivity index (χ1n) is 4.60. The summed E-state index contributed by atoms with van der Waals surface area (Å²) in [4.78, 5) is 0. The molecular formula is C9H15N3O. The minimum Gasteiger partial charge on any atom is -0.378 e. The van der Waals surface area contributed by atoms with Gasteiger partial charge in [-0.2, -0.15) is 5.10 Å². The lowest BCUT2D eigenvalue weighted by Gasteiger charge is -2.17. The van der Waals surface area contributed by atoms with Gasteiger partial charge in [0.1, 0.15) is 0 Å². The Morgan fingerprint density at radius 2 is 2.54 bits per heavy atom. The molecule has 4 heteroatoms. The van der Waals surface area contributed by atoms with Crippen molar-refractivity contribution in [3.05, 3.63) is 17.0 Å². The molecule has 1 aliphatic rings. The molecule has 1 aromatic rings. The Bertz CT molecular complexity index is 282. The molecule has 3 N–H and O–H groups in total. The second-order valence-electron chi connectivity index (χ2n) is 3.56. The van der Waals surface area contributed by atoms with Gasteiger partial charge in [0.15, 0.2) is 0 Å². The standard InChI is InChI=1S/C9H15N3O/c1-13-5-9-7-3-2-6(10)4-8(7)11-12-9/h6H,2-5,10H2,1H3,(H,11,12). The van der Waals surface area contributed by atoms with Crippen molar-refractivity contribution in [1.82, 2.24) is 10.2 Å². The Morgan fingerprint density at radius 1 is 1.69 bits per heavy atom. The highest BCUT2D eigenvalue weighted by Crippen LogP contribution is 2.21. The predicted molar refractivity (Wildman–Crippen MR) is 49.3 cm³/mol. The molecule has 2 rings (SSSR count). The average Bonchev–Trinajstić information content (AvgIpc) is 2.49. The van der Waals surface area contributed by atoms with Crippen molar-refractivity contribution < 1.29 is 4.74 Å². The van der Waals surface area contributed by atoms with Gasteiger partial charge in [-0.3, -0.25) is 5.10 Å². The van der Waals surface area contributed by atoms with E-state index in [1.807, 2.05) is 0 Å². The van der Waals surface area contributed by atoms with E-state index in [1.165, 1.54) is 11.3 Å². The largest absolute Gasteiger partial charge is 0.378 e. The van der Waals surface area contributed by atoms with Crippen molar-refractivity contribution in [3.8, 4) is 0 Å². The molecule has 1 unspecified atom stereocenters. The highest BCUT2D eigenvalue weighted by Gasteiger charge is 2.20. The molecule has 0 aromatic carbocycles. The number of aromatic amines is 1. The van der Waals surface area contributed by atoms with Gasteiger partial charge >= 0.3 is 0 Å². The van der Waals surface area contributed by atoms with Gasteiger partial charge in [-0.05, 0) is 18.4 Å². The summed E-state index contributed by atoms with van der Waals surface area (Å²) in [5.41, 5.74) is 9.42. The van der Waals surface area contributed by atoms with Crippen LogP contribution in [0.3, 0.4) is 0 Å². The Balaban J connectivity index is 2.23. The first-order chi connectivity index (χ1) is 6.31. The van der Waals surface area contributed by atoms with Crippen molar-refractivity contribution in [2.75, 3.05) is 7.11 Å². The van der Waals surface area contributed by atoms with Crippen LogP contribution in [0.5, 0.6) is 0 Å². The Morgan fingerprint density at radius 3 is 3.31 bits per heavy atom. The fraction of sp³-hybridized carbons (Fsp3) is 0.667. The zero-order valence-corrected chi connectivity index (χ0v) is 7.84. The van der Waals surface area contributed by atoms with Crippen molar-refractivity contribution in [1.29, 1.82) is 0 Å².